The van der Waals surface area contributed by atoms with Crippen LogP contribution in [0.15, 0.2) is 54.1 Å². The van der Waals surface area contributed by atoms with E-state index in [9.17, 15) is 24.9 Å². The van der Waals surface area contributed by atoms with Crippen molar-refractivity contribution in [2.24, 2.45) is 0 Å². The van der Waals surface area contributed by atoms with Crippen molar-refractivity contribution >= 4 is 11.8 Å². The van der Waals surface area contributed by atoms with Crippen molar-refractivity contribution in [3.05, 3.63) is 70.8 Å². The minimum absolute atomic E-state index is 0.0427. The molecule has 5 rings (SSSR count). The molecule has 1 aliphatic carbocycles. The molecule has 2 amide bonds. The molecule has 2 aromatic carbocycles. The summed E-state index contributed by atoms with van der Waals surface area (Å²) in [6, 6.07) is 11.9. The van der Waals surface area contributed by atoms with E-state index in [4.69, 9.17) is 14.2 Å². The van der Waals surface area contributed by atoms with Crippen molar-refractivity contribution < 1.29 is 39.1 Å². The zero-order chi connectivity index (χ0) is 28.2. The van der Waals surface area contributed by atoms with Gasteiger partial charge in [-0.25, -0.2) is 0 Å². The van der Waals surface area contributed by atoms with Gasteiger partial charge in [0.2, 0.25) is 11.8 Å². The van der Waals surface area contributed by atoms with Crippen molar-refractivity contribution in [2.45, 2.75) is 56.1 Å². The molecule has 2 aliphatic heterocycles. The number of ether oxygens (including phenoxy) is 3. The van der Waals surface area contributed by atoms with Crippen LogP contribution in [0.1, 0.15) is 35.4 Å². The normalized spacial score (nSPS) is 24.9. The van der Waals surface area contributed by atoms with Gasteiger partial charge in [-0.15, -0.1) is 0 Å². The quantitative estimate of drug-likeness (QED) is 0.344. The molecular weight excluding hydrogens is 516 g/mol. The van der Waals surface area contributed by atoms with Crippen molar-refractivity contribution in [3.8, 4) is 11.5 Å². The molecule has 0 unspecified atom stereocenters. The maximum atomic E-state index is 13.8. The minimum Gasteiger partial charge on any atom is -0.493 e. The Kier molecular flexibility index (Phi) is 8.70. The third-order valence-electron chi connectivity index (χ3n) is 7.80. The lowest BCUT2D eigenvalue weighted by molar-refractivity contribution is -0.138. The van der Waals surface area contributed by atoms with E-state index in [1.807, 2.05) is 30.3 Å². The second-order valence-electron chi connectivity index (χ2n) is 10.4. The number of carbonyl (C=O) groups is 2. The fourth-order valence-corrected chi connectivity index (χ4v) is 5.89. The van der Waals surface area contributed by atoms with Crippen LogP contribution >= 0.6 is 0 Å². The van der Waals surface area contributed by atoms with Gasteiger partial charge in [0.25, 0.3) is 0 Å². The van der Waals surface area contributed by atoms with Gasteiger partial charge in [0.15, 0.2) is 11.5 Å². The summed E-state index contributed by atoms with van der Waals surface area (Å²) in [5.41, 5.74) is 2.33. The number of hydrogen-bond acceptors (Lipinski definition) is 8. The van der Waals surface area contributed by atoms with Crippen molar-refractivity contribution in [1.82, 2.24) is 10.2 Å². The molecule has 0 saturated carbocycles. The number of nitrogens with zero attached hydrogens (tertiary/aromatic N) is 1. The highest BCUT2D eigenvalue weighted by atomic mass is 16.5. The summed E-state index contributed by atoms with van der Waals surface area (Å²) in [5.74, 6) is -0.540. The van der Waals surface area contributed by atoms with Crippen LogP contribution in [-0.2, 0) is 27.4 Å². The average Bonchev–Trinajstić information content (AvgIpc) is 3.63. The molecule has 0 bridgehead atoms. The third-order valence-corrected chi connectivity index (χ3v) is 7.80. The van der Waals surface area contributed by atoms with Crippen LogP contribution in [0.2, 0.25) is 0 Å². The van der Waals surface area contributed by atoms with Gasteiger partial charge in [-0.1, -0.05) is 30.3 Å². The SMILES string of the molecule is COc1cc(CO)cc2c1O[C@@H]1[C@@H](O)[C@H](N(C[C@@H]3CCCO3)C(=O)Cc3ccccc3)C=C(C(=O)NCCO)[C@H]21. The molecule has 5 atom stereocenters. The van der Waals surface area contributed by atoms with Crippen LogP contribution in [0.3, 0.4) is 0 Å². The molecular formula is C30H36N2O8. The summed E-state index contributed by atoms with van der Waals surface area (Å²) in [6.07, 6.45) is 1.21. The van der Waals surface area contributed by atoms with Crippen LogP contribution in [0.25, 0.3) is 0 Å². The summed E-state index contributed by atoms with van der Waals surface area (Å²) >= 11 is 0. The number of carbonyl (C=O) groups excluding carboxylic acids is 2. The molecule has 10 heteroatoms. The fraction of sp³-hybridized carbons (Fsp3) is 0.467. The monoisotopic (exact) mass is 552 g/mol. The van der Waals surface area contributed by atoms with Gasteiger partial charge in [-0.05, 0) is 42.2 Å². The van der Waals surface area contributed by atoms with E-state index < -0.39 is 30.1 Å². The third kappa shape index (κ3) is 5.57. The van der Waals surface area contributed by atoms with E-state index in [-0.39, 0.29) is 44.7 Å². The molecule has 1 fully saturated rings. The molecule has 2 aromatic rings. The summed E-state index contributed by atoms with van der Waals surface area (Å²) in [4.78, 5) is 28.9. The molecule has 3 aliphatic rings. The number of hydrogen-bond donors (Lipinski definition) is 4. The Balaban J connectivity index is 1.56. The first kappa shape index (κ1) is 28.1. The molecule has 0 aromatic heterocycles. The molecule has 2 heterocycles. The maximum Gasteiger partial charge on any atom is 0.247 e. The van der Waals surface area contributed by atoms with Crippen LogP contribution < -0.4 is 14.8 Å². The second kappa shape index (κ2) is 12.4. The number of aliphatic hydroxyl groups is 3. The van der Waals surface area contributed by atoms with Gasteiger partial charge >= 0.3 is 0 Å². The van der Waals surface area contributed by atoms with Gasteiger partial charge in [0, 0.05) is 30.8 Å². The Morgan fingerprint density at radius 3 is 2.62 bits per heavy atom. The molecule has 40 heavy (non-hydrogen) atoms. The zero-order valence-electron chi connectivity index (χ0n) is 22.5. The Bertz CT molecular complexity index is 1240. The number of rotatable bonds is 10. The van der Waals surface area contributed by atoms with Gasteiger partial charge in [-0.3, -0.25) is 9.59 Å². The zero-order valence-corrected chi connectivity index (χ0v) is 22.5. The van der Waals surface area contributed by atoms with Gasteiger partial charge < -0.3 is 39.7 Å². The van der Waals surface area contributed by atoms with Crippen molar-refractivity contribution in [2.75, 3.05) is 33.4 Å². The first-order valence-corrected chi connectivity index (χ1v) is 13.7. The number of aliphatic hydroxyl groups excluding tert-OH is 3. The highest BCUT2D eigenvalue weighted by molar-refractivity contribution is 5.96. The first-order chi connectivity index (χ1) is 19.4. The minimum atomic E-state index is -1.17. The highest BCUT2D eigenvalue weighted by Gasteiger charge is 2.51. The molecule has 1 saturated heterocycles. The van der Waals surface area contributed by atoms with Gasteiger partial charge in [0.1, 0.15) is 12.2 Å². The van der Waals surface area contributed by atoms with E-state index in [0.717, 1.165) is 18.4 Å². The van der Waals surface area contributed by atoms with Crippen molar-refractivity contribution in [3.63, 3.8) is 0 Å². The van der Waals surface area contributed by atoms with Crippen LogP contribution in [0.5, 0.6) is 11.5 Å². The van der Waals surface area contributed by atoms with Gasteiger partial charge in [-0.2, -0.15) is 0 Å². The van der Waals surface area contributed by atoms with E-state index in [1.165, 1.54) is 7.11 Å². The lowest BCUT2D eigenvalue weighted by atomic mass is 9.77. The van der Waals surface area contributed by atoms with Crippen LogP contribution in [-0.4, -0.2) is 89.8 Å². The molecule has 214 valence electrons. The lowest BCUT2D eigenvalue weighted by Gasteiger charge is -2.41. The molecule has 0 spiro atoms. The van der Waals surface area contributed by atoms with E-state index in [2.05, 4.69) is 5.32 Å². The van der Waals surface area contributed by atoms with Crippen LogP contribution in [0.4, 0.5) is 0 Å². The number of nitrogens with one attached hydrogen (secondary N) is 1. The topological polar surface area (TPSA) is 138 Å². The first-order valence-electron chi connectivity index (χ1n) is 13.7. The number of methoxy groups -OCH3 is 1. The molecule has 0 radical (unpaired) electrons. The summed E-state index contributed by atoms with van der Waals surface area (Å²) < 4.78 is 17.7. The van der Waals surface area contributed by atoms with E-state index in [1.54, 1.807) is 23.1 Å². The predicted octanol–water partition coefficient (Wildman–Crippen LogP) is 1.06. The summed E-state index contributed by atoms with van der Waals surface area (Å²) in [5, 5.41) is 33.7. The van der Waals surface area contributed by atoms with Gasteiger partial charge in [0.05, 0.1) is 44.8 Å². The van der Waals surface area contributed by atoms with E-state index >= 15 is 0 Å². The summed E-state index contributed by atoms with van der Waals surface area (Å²) in [7, 11) is 1.48. The number of fused-ring (bicyclic) bond motifs is 3. The molecule has 10 nitrogen and oxygen atoms in total. The molecule has 4 N–H and O–H groups in total. The Morgan fingerprint density at radius 2 is 1.95 bits per heavy atom. The van der Waals surface area contributed by atoms with Crippen molar-refractivity contribution in [1.29, 1.82) is 0 Å². The number of amides is 2. The van der Waals surface area contributed by atoms with E-state index in [0.29, 0.717) is 34.8 Å². The average molecular weight is 553 g/mol. The predicted molar refractivity (Wildman–Crippen MR) is 145 cm³/mol. The lowest BCUT2D eigenvalue weighted by Crippen LogP contribution is -2.57. The second-order valence-corrected chi connectivity index (χ2v) is 10.4. The summed E-state index contributed by atoms with van der Waals surface area (Å²) in [6.45, 7) is 0.429. The standard InChI is InChI=1S/C30H36N2O8/c1-38-24-13-19(17-34)12-21-26-22(30(37)31-9-10-33)15-23(27(36)29(26)40-28(21)24)32(16-20-8-5-11-39-20)25(35)14-18-6-3-2-4-7-18/h2-4,6-7,12-13,15,20,23,26-27,29,33-34,36H,5,8-11,14,16-17H2,1H3,(H,31,37)/t20-,23+,26-,27-,29-/m0/s1. The highest BCUT2D eigenvalue weighted by Crippen LogP contribution is 2.51. The Hall–Kier alpha value is -3.44. The Morgan fingerprint density at radius 1 is 1.15 bits per heavy atom. The number of benzene rings is 2. The largest absolute Gasteiger partial charge is 0.493 e. The van der Waals surface area contributed by atoms with Crippen LogP contribution in [0, 0.1) is 0 Å². The smallest absolute Gasteiger partial charge is 0.247 e. The fourth-order valence-electron chi connectivity index (χ4n) is 5.89. The Labute approximate surface area is 233 Å². The maximum absolute atomic E-state index is 13.8.